The number of fused-ring (bicyclic) bond motifs is 1. The van der Waals surface area contributed by atoms with E-state index in [0.29, 0.717) is 11.1 Å². The SMILES string of the molecule is COc1cccc2ccnc(C(=O)O)c12.O=CC(F)(F)F. The van der Waals surface area contributed by atoms with Crippen LogP contribution in [0.15, 0.2) is 30.5 Å². The van der Waals surface area contributed by atoms with Crippen molar-refractivity contribution in [3.63, 3.8) is 0 Å². The molecule has 0 bridgehead atoms. The molecule has 0 unspecified atom stereocenters. The second kappa shape index (κ2) is 6.69. The molecule has 1 heterocycles. The highest BCUT2D eigenvalue weighted by Crippen LogP contribution is 2.27. The van der Waals surface area contributed by atoms with E-state index in [9.17, 15) is 18.0 Å². The highest BCUT2D eigenvalue weighted by Gasteiger charge is 2.24. The zero-order chi connectivity index (χ0) is 16.0. The Morgan fingerprint density at radius 2 is 1.95 bits per heavy atom. The average molecular weight is 301 g/mol. The molecule has 2 aromatic rings. The second-order valence-corrected chi connectivity index (χ2v) is 3.68. The van der Waals surface area contributed by atoms with E-state index >= 15 is 0 Å². The van der Waals surface area contributed by atoms with Crippen LogP contribution < -0.4 is 4.74 Å². The van der Waals surface area contributed by atoms with Gasteiger partial charge in [-0.25, -0.2) is 9.78 Å². The molecule has 5 nitrogen and oxygen atoms in total. The number of hydrogen-bond acceptors (Lipinski definition) is 4. The smallest absolute Gasteiger partial charge is 0.446 e. The third kappa shape index (κ3) is 4.44. The third-order valence-electron chi connectivity index (χ3n) is 2.31. The van der Waals surface area contributed by atoms with Gasteiger partial charge in [-0.2, -0.15) is 13.2 Å². The topological polar surface area (TPSA) is 76.5 Å². The minimum atomic E-state index is -4.64. The Morgan fingerprint density at radius 1 is 1.33 bits per heavy atom. The predicted molar refractivity (Wildman–Crippen MR) is 67.4 cm³/mol. The van der Waals surface area contributed by atoms with Crippen LogP contribution in [0, 0.1) is 0 Å². The number of aromatic carboxylic acids is 1. The summed E-state index contributed by atoms with van der Waals surface area (Å²) in [5.74, 6) is -0.525. The molecule has 0 aliphatic carbocycles. The van der Waals surface area contributed by atoms with Gasteiger partial charge in [-0.15, -0.1) is 0 Å². The van der Waals surface area contributed by atoms with Gasteiger partial charge >= 0.3 is 12.1 Å². The zero-order valence-electron chi connectivity index (χ0n) is 10.7. The van der Waals surface area contributed by atoms with Gasteiger partial charge in [0, 0.05) is 6.20 Å². The number of carboxylic acids is 1. The number of aromatic nitrogens is 1. The highest BCUT2D eigenvalue weighted by molar-refractivity contribution is 6.04. The number of carbonyl (C=O) groups is 2. The maximum Gasteiger partial charge on any atom is 0.446 e. The molecule has 1 aromatic carbocycles. The maximum atomic E-state index is 11.0. The Kier molecular flexibility index (Phi) is 5.23. The molecule has 21 heavy (non-hydrogen) atoms. The molecule has 1 N–H and O–H groups in total. The number of benzene rings is 1. The first-order valence-electron chi connectivity index (χ1n) is 5.48. The normalized spacial score (nSPS) is 10.5. The van der Waals surface area contributed by atoms with E-state index in [1.807, 2.05) is 12.1 Å². The zero-order valence-corrected chi connectivity index (χ0v) is 10.7. The molecule has 0 radical (unpaired) electrons. The van der Waals surface area contributed by atoms with Gasteiger partial charge in [-0.05, 0) is 17.5 Å². The van der Waals surface area contributed by atoms with Gasteiger partial charge < -0.3 is 9.84 Å². The van der Waals surface area contributed by atoms with Crippen LogP contribution in [0.1, 0.15) is 10.5 Å². The lowest BCUT2D eigenvalue weighted by molar-refractivity contribution is -0.156. The van der Waals surface area contributed by atoms with Crippen molar-refractivity contribution in [3.05, 3.63) is 36.2 Å². The molecule has 0 aliphatic heterocycles. The summed E-state index contributed by atoms with van der Waals surface area (Å²) in [7, 11) is 1.51. The van der Waals surface area contributed by atoms with Crippen LogP contribution in [0.25, 0.3) is 10.8 Å². The molecule has 1 aromatic heterocycles. The van der Waals surface area contributed by atoms with E-state index in [2.05, 4.69) is 4.98 Å². The number of ether oxygens (including phenoxy) is 1. The number of methoxy groups -OCH3 is 1. The van der Waals surface area contributed by atoms with Gasteiger partial charge in [0.25, 0.3) is 0 Å². The van der Waals surface area contributed by atoms with Crippen molar-refractivity contribution < 1.29 is 32.6 Å². The van der Waals surface area contributed by atoms with E-state index in [1.54, 1.807) is 12.1 Å². The summed E-state index contributed by atoms with van der Waals surface area (Å²) >= 11 is 0. The Hall–Kier alpha value is -2.64. The number of halogens is 3. The van der Waals surface area contributed by atoms with Crippen LogP contribution in [-0.4, -0.2) is 35.6 Å². The number of pyridine rings is 1. The van der Waals surface area contributed by atoms with Crippen molar-refractivity contribution in [2.24, 2.45) is 0 Å². The van der Waals surface area contributed by atoms with Crippen LogP contribution in [-0.2, 0) is 4.79 Å². The fraction of sp³-hybridized carbons (Fsp3) is 0.154. The van der Waals surface area contributed by atoms with E-state index in [4.69, 9.17) is 14.6 Å². The van der Waals surface area contributed by atoms with Gasteiger partial charge in [-0.1, -0.05) is 12.1 Å². The Bertz CT molecular complexity index is 650. The molecular formula is C13H10F3NO4. The number of carbonyl (C=O) groups excluding carboxylic acids is 1. The lowest BCUT2D eigenvalue weighted by Gasteiger charge is -2.06. The molecule has 0 saturated carbocycles. The number of rotatable bonds is 2. The summed E-state index contributed by atoms with van der Waals surface area (Å²) in [4.78, 5) is 23.5. The Balaban J connectivity index is 0.000000315. The highest BCUT2D eigenvalue weighted by atomic mass is 19.4. The summed E-state index contributed by atoms with van der Waals surface area (Å²) in [6.45, 7) is 0. The Morgan fingerprint density at radius 3 is 2.43 bits per heavy atom. The maximum absolute atomic E-state index is 11.0. The fourth-order valence-electron chi connectivity index (χ4n) is 1.53. The molecule has 0 atom stereocenters. The molecule has 2 rings (SSSR count). The molecular weight excluding hydrogens is 291 g/mol. The van der Waals surface area contributed by atoms with Crippen molar-refractivity contribution in [3.8, 4) is 5.75 Å². The molecule has 0 saturated heterocycles. The lowest BCUT2D eigenvalue weighted by atomic mass is 10.1. The first kappa shape index (κ1) is 16.4. The molecule has 0 aliphatic rings. The number of alkyl halides is 3. The first-order valence-corrected chi connectivity index (χ1v) is 5.48. The van der Waals surface area contributed by atoms with Crippen LogP contribution in [0.5, 0.6) is 5.75 Å². The molecule has 0 spiro atoms. The van der Waals surface area contributed by atoms with Crippen LogP contribution in [0.3, 0.4) is 0 Å². The predicted octanol–water partition coefficient (Wildman–Crippen LogP) is 2.69. The summed E-state index contributed by atoms with van der Waals surface area (Å²) in [5.41, 5.74) is 0.0185. The average Bonchev–Trinajstić information content (AvgIpc) is 2.45. The van der Waals surface area contributed by atoms with Gasteiger partial charge in [0.15, 0.2) is 5.69 Å². The van der Waals surface area contributed by atoms with Crippen molar-refractivity contribution in [1.29, 1.82) is 0 Å². The van der Waals surface area contributed by atoms with E-state index < -0.39 is 18.4 Å². The minimum Gasteiger partial charge on any atom is -0.496 e. The van der Waals surface area contributed by atoms with Gasteiger partial charge in [-0.3, -0.25) is 4.79 Å². The molecule has 0 amide bonds. The van der Waals surface area contributed by atoms with Crippen molar-refractivity contribution >= 4 is 23.0 Å². The van der Waals surface area contributed by atoms with Crippen molar-refractivity contribution in [1.82, 2.24) is 4.98 Å². The summed E-state index contributed by atoms with van der Waals surface area (Å²) < 4.78 is 36.4. The van der Waals surface area contributed by atoms with E-state index in [0.717, 1.165) is 5.39 Å². The molecule has 0 fully saturated rings. The summed E-state index contributed by atoms with van der Waals surface area (Å²) in [6.07, 6.45) is -4.22. The van der Waals surface area contributed by atoms with Gasteiger partial charge in [0.05, 0.1) is 12.5 Å². The standard InChI is InChI=1S/C11H9NO3.C2HF3O/c1-15-8-4-2-3-7-5-6-12-10(9(7)8)11(13)14;3-2(4,5)1-6/h2-6H,1H3,(H,13,14);1H. The largest absolute Gasteiger partial charge is 0.496 e. The molecule has 8 heteroatoms. The summed E-state index contributed by atoms with van der Waals surface area (Å²) in [6, 6.07) is 7.11. The van der Waals surface area contributed by atoms with Crippen molar-refractivity contribution in [2.75, 3.05) is 7.11 Å². The number of carboxylic acid groups (broad SMARTS) is 1. The second-order valence-electron chi connectivity index (χ2n) is 3.68. The van der Waals surface area contributed by atoms with Crippen LogP contribution in [0.4, 0.5) is 13.2 Å². The summed E-state index contributed by atoms with van der Waals surface area (Å²) in [5, 5.41) is 10.3. The number of nitrogens with zero attached hydrogens (tertiary/aromatic N) is 1. The minimum absolute atomic E-state index is 0.0185. The fourth-order valence-corrected chi connectivity index (χ4v) is 1.53. The first-order chi connectivity index (χ1) is 9.80. The Labute approximate surface area is 117 Å². The van der Waals surface area contributed by atoms with Gasteiger partial charge in [0.2, 0.25) is 6.29 Å². The van der Waals surface area contributed by atoms with Crippen molar-refractivity contribution in [2.45, 2.75) is 6.18 Å². The quantitative estimate of drug-likeness (QED) is 0.863. The molecule has 112 valence electrons. The van der Waals surface area contributed by atoms with E-state index in [-0.39, 0.29) is 5.69 Å². The monoisotopic (exact) mass is 301 g/mol. The van der Waals surface area contributed by atoms with Crippen LogP contribution in [0.2, 0.25) is 0 Å². The van der Waals surface area contributed by atoms with Gasteiger partial charge in [0.1, 0.15) is 5.75 Å². The number of hydrogen-bond donors (Lipinski definition) is 1. The third-order valence-corrected chi connectivity index (χ3v) is 2.31. The van der Waals surface area contributed by atoms with E-state index in [1.165, 1.54) is 13.3 Å². The number of aldehydes is 1. The lowest BCUT2D eigenvalue weighted by Crippen LogP contribution is -2.07. The van der Waals surface area contributed by atoms with Crippen LogP contribution >= 0.6 is 0 Å².